The van der Waals surface area contributed by atoms with Gasteiger partial charge in [-0.25, -0.2) is 0 Å². The van der Waals surface area contributed by atoms with Gasteiger partial charge in [-0.3, -0.25) is 4.79 Å². The van der Waals surface area contributed by atoms with Crippen LogP contribution in [0.5, 0.6) is 0 Å². The van der Waals surface area contributed by atoms with E-state index in [0.717, 1.165) is 51.6 Å². The summed E-state index contributed by atoms with van der Waals surface area (Å²) in [7, 11) is 0. The van der Waals surface area contributed by atoms with Crippen LogP contribution >= 0.6 is 0 Å². The Morgan fingerprint density at radius 2 is 1.74 bits per heavy atom. The number of nitrogens with two attached hydrogens (primary N) is 1. The maximum absolute atomic E-state index is 12.8. The SMILES string of the molecule is CC(Cc1ccccc1CC1(N)CC1)C(=O)N1CCCCCC1. The molecule has 1 aromatic rings. The van der Waals surface area contributed by atoms with Crippen molar-refractivity contribution in [2.24, 2.45) is 11.7 Å². The minimum absolute atomic E-state index is 0.0220. The summed E-state index contributed by atoms with van der Waals surface area (Å²) in [5.74, 6) is 0.387. The molecule has 0 bridgehead atoms. The van der Waals surface area contributed by atoms with Crippen molar-refractivity contribution < 1.29 is 4.79 Å². The highest BCUT2D eigenvalue weighted by atomic mass is 16.2. The van der Waals surface area contributed by atoms with Crippen molar-refractivity contribution in [2.45, 2.75) is 63.8 Å². The van der Waals surface area contributed by atoms with E-state index in [1.165, 1.54) is 24.0 Å². The Balaban J connectivity index is 1.64. The summed E-state index contributed by atoms with van der Waals surface area (Å²) in [5, 5.41) is 0. The van der Waals surface area contributed by atoms with Gasteiger partial charge >= 0.3 is 0 Å². The molecule has 2 fully saturated rings. The molecule has 3 heteroatoms. The Bertz CT molecular complexity index is 542. The largest absolute Gasteiger partial charge is 0.342 e. The van der Waals surface area contributed by atoms with Crippen molar-refractivity contribution in [2.75, 3.05) is 13.1 Å². The molecule has 3 rings (SSSR count). The number of amides is 1. The van der Waals surface area contributed by atoms with Gasteiger partial charge in [-0.1, -0.05) is 44.0 Å². The number of rotatable bonds is 5. The van der Waals surface area contributed by atoms with Crippen LogP contribution in [0.2, 0.25) is 0 Å². The first-order valence-electron chi connectivity index (χ1n) is 9.22. The predicted molar refractivity (Wildman–Crippen MR) is 94.2 cm³/mol. The second-order valence-electron chi connectivity index (χ2n) is 7.65. The summed E-state index contributed by atoms with van der Waals surface area (Å²) in [6, 6.07) is 8.53. The van der Waals surface area contributed by atoms with Gasteiger partial charge in [0.05, 0.1) is 0 Å². The van der Waals surface area contributed by atoms with Crippen molar-refractivity contribution in [3.63, 3.8) is 0 Å². The summed E-state index contributed by atoms with van der Waals surface area (Å²) in [6.07, 6.45) is 8.89. The van der Waals surface area contributed by atoms with Crippen LogP contribution in [0.3, 0.4) is 0 Å². The lowest BCUT2D eigenvalue weighted by Crippen LogP contribution is -2.36. The van der Waals surface area contributed by atoms with Crippen molar-refractivity contribution in [3.05, 3.63) is 35.4 Å². The molecule has 1 aliphatic heterocycles. The van der Waals surface area contributed by atoms with Crippen molar-refractivity contribution in [1.29, 1.82) is 0 Å². The lowest BCUT2D eigenvalue weighted by atomic mass is 9.92. The molecule has 1 saturated heterocycles. The van der Waals surface area contributed by atoms with Crippen LogP contribution in [-0.4, -0.2) is 29.4 Å². The number of benzene rings is 1. The number of likely N-dealkylation sites (tertiary alicyclic amines) is 1. The van der Waals surface area contributed by atoms with Gasteiger partial charge in [-0.05, 0) is 49.7 Å². The first-order valence-corrected chi connectivity index (χ1v) is 9.22. The van der Waals surface area contributed by atoms with Crippen molar-refractivity contribution in [1.82, 2.24) is 4.90 Å². The van der Waals surface area contributed by atoms with Gasteiger partial charge in [0, 0.05) is 24.5 Å². The molecule has 1 heterocycles. The fourth-order valence-corrected chi connectivity index (χ4v) is 3.67. The van der Waals surface area contributed by atoms with E-state index in [4.69, 9.17) is 5.73 Å². The van der Waals surface area contributed by atoms with Crippen LogP contribution in [0.4, 0.5) is 0 Å². The normalized spacial score (nSPS) is 21.6. The van der Waals surface area contributed by atoms with Crippen LogP contribution < -0.4 is 5.73 Å². The lowest BCUT2D eigenvalue weighted by molar-refractivity contribution is -0.134. The van der Waals surface area contributed by atoms with E-state index in [2.05, 4.69) is 36.1 Å². The van der Waals surface area contributed by atoms with Gasteiger partial charge in [0.1, 0.15) is 0 Å². The first-order chi connectivity index (χ1) is 11.1. The van der Waals surface area contributed by atoms with E-state index < -0.39 is 0 Å². The molecule has 126 valence electrons. The zero-order chi connectivity index (χ0) is 16.3. The monoisotopic (exact) mass is 314 g/mol. The van der Waals surface area contributed by atoms with E-state index in [0.29, 0.717) is 5.91 Å². The molecule has 1 atom stereocenters. The lowest BCUT2D eigenvalue weighted by Gasteiger charge is -2.25. The highest BCUT2D eigenvalue weighted by Gasteiger charge is 2.38. The van der Waals surface area contributed by atoms with Crippen molar-refractivity contribution >= 4 is 5.91 Å². The van der Waals surface area contributed by atoms with Crippen LogP contribution in [-0.2, 0) is 17.6 Å². The zero-order valence-corrected chi connectivity index (χ0v) is 14.4. The van der Waals surface area contributed by atoms with Gasteiger partial charge in [0.2, 0.25) is 5.91 Å². The van der Waals surface area contributed by atoms with Gasteiger partial charge in [0.15, 0.2) is 0 Å². The van der Waals surface area contributed by atoms with Gasteiger partial charge in [0.25, 0.3) is 0 Å². The fourth-order valence-electron chi connectivity index (χ4n) is 3.67. The molecule has 0 spiro atoms. The molecule has 23 heavy (non-hydrogen) atoms. The van der Waals surface area contributed by atoms with Crippen LogP contribution in [0.25, 0.3) is 0 Å². The Labute approximate surface area is 140 Å². The Morgan fingerprint density at radius 1 is 1.13 bits per heavy atom. The molecule has 0 radical (unpaired) electrons. The minimum atomic E-state index is 0.0220. The fraction of sp³-hybridized carbons (Fsp3) is 0.650. The predicted octanol–water partition coefficient (Wildman–Crippen LogP) is 3.30. The third-order valence-electron chi connectivity index (χ3n) is 5.42. The van der Waals surface area contributed by atoms with Crippen LogP contribution in [0.15, 0.2) is 24.3 Å². The smallest absolute Gasteiger partial charge is 0.225 e. The highest BCUT2D eigenvalue weighted by Crippen LogP contribution is 2.36. The molecule has 1 saturated carbocycles. The topological polar surface area (TPSA) is 46.3 Å². The minimum Gasteiger partial charge on any atom is -0.342 e. The molecule has 1 aromatic carbocycles. The maximum Gasteiger partial charge on any atom is 0.225 e. The molecule has 3 nitrogen and oxygen atoms in total. The Morgan fingerprint density at radius 3 is 2.35 bits per heavy atom. The molecule has 1 aliphatic carbocycles. The highest BCUT2D eigenvalue weighted by molar-refractivity contribution is 5.78. The molecular formula is C20H30N2O. The second kappa shape index (κ2) is 7.04. The Hall–Kier alpha value is -1.35. The third kappa shape index (κ3) is 4.35. The van der Waals surface area contributed by atoms with E-state index in [-0.39, 0.29) is 11.5 Å². The van der Waals surface area contributed by atoms with E-state index >= 15 is 0 Å². The number of hydrogen-bond donors (Lipinski definition) is 1. The summed E-state index contributed by atoms with van der Waals surface area (Å²) in [4.78, 5) is 14.9. The van der Waals surface area contributed by atoms with Gasteiger partial charge in [-0.15, -0.1) is 0 Å². The quantitative estimate of drug-likeness (QED) is 0.906. The standard InChI is InChI=1S/C20H30N2O/c1-16(19(23)22-12-6-2-3-7-13-22)14-17-8-4-5-9-18(17)15-20(21)10-11-20/h4-5,8-9,16H,2-3,6-7,10-15,21H2,1H3. The summed E-state index contributed by atoms with van der Waals surface area (Å²) >= 11 is 0. The molecule has 2 N–H and O–H groups in total. The third-order valence-corrected chi connectivity index (χ3v) is 5.42. The van der Waals surface area contributed by atoms with Gasteiger partial charge < -0.3 is 10.6 Å². The second-order valence-corrected chi connectivity index (χ2v) is 7.65. The van der Waals surface area contributed by atoms with Crippen LogP contribution in [0, 0.1) is 5.92 Å². The summed E-state index contributed by atoms with van der Waals surface area (Å²) in [6.45, 7) is 3.97. The molecular weight excluding hydrogens is 284 g/mol. The molecule has 0 aromatic heterocycles. The van der Waals surface area contributed by atoms with E-state index in [1.54, 1.807) is 0 Å². The number of carbonyl (C=O) groups is 1. The number of carbonyl (C=O) groups excluding carboxylic acids is 1. The molecule has 1 amide bonds. The average molecular weight is 314 g/mol. The molecule has 2 aliphatic rings. The first kappa shape index (κ1) is 16.5. The van der Waals surface area contributed by atoms with Crippen molar-refractivity contribution in [3.8, 4) is 0 Å². The molecule has 1 unspecified atom stereocenters. The van der Waals surface area contributed by atoms with E-state index in [1.807, 2.05) is 0 Å². The maximum atomic E-state index is 12.8. The number of hydrogen-bond acceptors (Lipinski definition) is 2. The average Bonchev–Trinajstić information content (AvgIpc) is 3.31. The summed E-state index contributed by atoms with van der Waals surface area (Å²) < 4.78 is 0. The Kier molecular flexibility index (Phi) is 5.05. The summed E-state index contributed by atoms with van der Waals surface area (Å²) in [5.41, 5.74) is 8.96. The van der Waals surface area contributed by atoms with E-state index in [9.17, 15) is 4.79 Å². The number of nitrogens with zero attached hydrogens (tertiary/aromatic N) is 1. The van der Waals surface area contributed by atoms with Gasteiger partial charge in [-0.2, -0.15) is 0 Å². The zero-order valence-electron chi connectivity index (χ0n) is 14.4. The van der Waals surface area contributed by atoms with Crippen LogP contribution in [0.1, 0.15) is 56.6 Å².